The third-order valence-electron chi connectivity index (χ3n) is 10.5. The van der Waals surface area contributed by atoms with Crippen molar-refractivity contribution in [2.75, 3.05) is 6.54 Å². The summed E-state index contributed by atoms with van der Waals surface area (Å²) in [5, 5.41) is 2.93. The van der Waals surface area contributed by atoms with Crippen LogP contribution in [0.4, 0.5) is 4.79 Å². The van der Waals surface area contributed by atoms with Crippen LogP contribution in [0.3, 0.4) is 0 Å². The number of aromatic nitrogens is 2. The Hall–Kier alpha value is -3.43. The molecule has 46 heavy (non-hydrogen) atoms. The quantitative estimate of drug-likeness (QED) is 0.426. The molecule has 10 nitrogen and oxygen atoms in total. The fraction of sp³-hybridized carbons (Fsp3) is 0.694. The second-order valence-corrected chi connectivity index (χ2v) is 15.3. The molecule has 0 spiro atoms. The van der Waals surface area contributed by atoms with Crippen molar-refractivity contribution in [1.29, 1.82) is 0 Å². The number of nitrogens with zero attached hydrogens (tertiary/aromatic N) is 3. The first kappa shape index (κ1) is 32.5. The van der Waals surface area contributed by atoms with Crippen molar-refractivity contribution in [2.24, 2.45) is 17.3 Å². The van der Waals surface area contributed by atoms with Crippen LogP contribution in [0.2, 0.25) is 0 Å². The van der Waals surface area contributed by atoms with E-state index in [1.54, 1.807) is 4.90 Å². The van der Waals surface area contributed by atoms with Gasteiger partial charge in [-0.2, -0.15) is 0 Å². The number of carbonyl (C=O) groups excluding carboxylic acids is 3. The molecule has 2 aromatic rings. The maximum absolute atomic E-state index is 14.3. The van der Waals surface area contributed by atoms with Crippen LogP contribution in [0.25, 0.3) is 11.0 Å². The lowest BCUT2D eigenvalue weighted by atomic mass is 9.85. The van der Waals surface area contributed by atoms with E-state index < -0.39 is 35.3 Å². The van der Waals surface area contributed by atoms with Crippen molar-refractivity contribution in [1.82, 2.24) is 20.2 Å². The van der Waals surface area contributed by atoms with Crippen LogP contribution in [-0.2, 0) is 20.7 Å². The zero-order valence-corrected chi connectivity index (χ0v) is 28.3. The Kier molecular flexibility index (Phi) is 8.93. The summed E-state index contributed by atoms with van der Waals surface area (Å²) in [7, 11) is 0. The number of nitrogens with one attached hydrogen (secondary N) is 1. The highest BCUT2D eigenvalue weighted by Crippen LogP contribution is 2.42. The summed E-state index contributed by atoms with van der Waals surface area (Å²) in [6.07, 6.45) is 8.76. The number of hydrogen-bond acceptors (Lipinski definition) is 8. The fourth-order valence-electron chi connectivity index (χ4n) is 7.66. The van der Waals surface area contributed by atoms with Gasteiger partial charge in [-0.15, -0.1) is 0 Å². The number of benzene rings is 1. The van der Waals surface area contributed by atoms with Crippen LogP contribution in [0.5, 0.6) is 11.6 Å². The molecule has 3 heterocycles. The molecular weight excluding hydrogens is 584 g/mol. The van der Waals surface area contributed by atoms with Gasteiger partial charge >= 0.3 is 6.09 Å². The number of rotatable bonds is 3. The van der Waals surface area contributed by atoms with Crippen molar-refractivity contribution in [3.63, 3.8) is 0 Å². The summed E-state index contributed by atoms with van der Waals surface area (Å²) in [6, 6.07) is 4.23. The Morgan fingerprint density at radius 1 is 1.04 bits per heavy atom. The van der Waals surface area contributed by atoms with E-state index in [4.69, 9.17) is 24.2 Å². The van der Waals surface area contributed by atoms with Gasteiger partial charge in [-0.05, 0) is 88.7 Å². The van der Waals surface area contributed by atoms with Crippen molar-refractivity contribution in [2.45, 2.75) is 136 Å². The van der Waals surface area contributed by atoms with Crippen molar-refractivity contribution in [3.8, 4) is 11.6 Å². The molecule has 2 saturated carbocycles. The number of fused-ring (bicyclic) bond motifs is 5. The van der Waals surface area contributed by atoms with E-state index in [1.165, 1.54) is 6.92 Å². The Labute approximate surface area is 272 Å². The van der Waals surface area contributed by atoms with Gasteiger partial charge in [-0.3, -0.25) is 9.59 Å². The third kappa shape index (κ3) is 6.81. The van der Waals surface area contributed by atoms with Gasteiger partial charge in [0, 0.05) is 12.0 Å². The lowest BCUT2D eigenvalue weighted by Crippen LogP contribution is -2.57. The Morgan fingerprint density at radius 3 is 2.52 bits per heavy atom. The zero-order chi connectivity index (χ0) is 32.8. The van der Waals surface area contributed by atoms with E-state index in [2.05, 4.69) is 5.32 Å². The summed E-state index contributed by atoms with van der Waals surface area (Å²) < 4.78 is 18.8. The first-order valence-corrected chi connectivity index (χ1v) is 17.3. The minimum absolute atomic E-state index is 0.124. The van der Waals surface area contributed by atoms with E-state index in [0.717, 1.165) is 74.7 Å². The average Bonchev–Trinajstić information content (AvgIpc) is 3.63. The van der Waals surface area contributed by atoms with E-state index in [-0.39, 0.29) is 36.2 Å². The van der Waals surface area contributed by atoms with Gasteiger partial charge in [0.25, 0.3) is 0 Å². The molecule has 250 valence electrons. The predicted molar refractivity (Wildman–Crippen MR) is 174 cm³/mol. The molecular formula is C36H50N4O6. The molecule has 2 aliphatic carbocycles. The molecule has 1 aromatic carbocycles. The highest BCUT2D eigenvalue weighted by atomic mass is 16.6. The van der Waals surface area contributed by atoms with Gasteiger partial charge in [-0.1, -0.05) is 40.5 Å². The number of carbonyl (C=O) groups is 3. The van der Waals surface area contributed by atoms with Crippen molar-refractivity contribution in [3.05, 3.63) is 23.9 Å². The van der Waals surface area contributed by atoms with Crippen LogP contribution in [0.1, 0.15) is 105 Å². The van der Waals surface area contributed by atoms with Crippen molar-refractivity contribution < 1.29 is 28.6 Å². The first-order chi connectivity index (χ1) is 21.8. The summed E-state index contributed by atoms with van der Waals surface area (Å²) in [4.78, 5) is 52.4. The minimum Gasteiger partial charge on any atom is -0.490 e. The van der Waals surface area contributed by atoms with Gasteiger partial charge in [0.1, 0.15) is 29.2 Å². The van der Waals surface area contributed by atoms with E-state index in [9.17, 15) is 14.4 Å². The van der Waals surface area contributed by atoms with Crippen LogP contribution in [-0.4, -0.2) is 69.1 Å². The summed E-state index contributed by atoms with van der Waals surface area (Å²) in [6.45, 7) is 11.4. The van der Waals surface area contributed by atoms with E-state index in [0.29, 0.717) is 17.8 Å². The Bertz CT molecular complexity index is 1480. The molecule has 3 fully saturated rings. The molecule has 2 aliphatic heterocycles. The number of ketones is 1. The molecule has 1 N–H and O–H groups in total. The maximum atomic E-state index is 14.3. The first-order valence-electron chi connectivity index (χ1n) is 17.3. The standard InChI is InChI=1S/C36H50N4O6/c1-21-29-20-40(30(21)22(2)41)33(42)31(35(3,4)5)39-34(43)46-36(6)18-10-12-23(36)11-8-7-9-13-27-32(45-29)38-28-19-25(44-24-14-15-24)16-17-26(28)37-27/h16-17,19,21,23-24,29-31H,7-15,18,20H2,1-6H3,(H,39,43)/t21-,23-,29+,30+,31-,36-/m1/s1. The topological polar surface area (TPSA) is 120 Å². The lowest BCUT2D eigenvalue weighted by molar-refractivity contribution is -0.141. The van der Waals surface area contributed by atoms with Gasteiger partial charge in [0.2, 0.25) is 11.8 Å². The normalized spacial score (nSPS) is 31.2. The van der Waals surface area contributed by atoms with Gasteiger partial charge in [-0.25, -0.2) is 14.8 Å². The summed E-state index contributed by atoms with van der Waals surface area (Å²) >= 11 is 0. The second kappa shape index (κ2) is 12.6. The van der Waals surface area contributed by atoms with Gasteiger partial charge in [0.15, 0.2) is 5.78 Å². The van der Waals surface area contributed by atoms with E-state index >= 15 is 0 Å². The van der Waals surface area contributed by atoms with Gasteiger partial charge < -0.3 is 24.4 Å². The number of ether oxygens (including phenoxy) is 3. The van der Waals surface area contributed by atoms with Crippen LogP contribution in [0, 0.1) is 17.3 Å². The minimum atomic E-state index is -0.893. The Balaban J connectivity index is 1.36. The maximum Gasteiger partial charge on any atom is 0.408 e. The number of alkyl carbamates (subject to hydrolysis) is 1. The third-order valence-corrected chi connectivity index (χ3v) is 10.5. The highest BCUT2D eigenvalue weighted by Gasteiger charge is 2.50. The van der Waals surface area contributed by atoms with Crippen LogP contribution < -0.4 is 14.8 Å². The molecule has 1 aromatic heterocycles. The predicted octanol–water partition coefficient (Wildman–Crippen LogP) is 6.17. The number of amides is 2. The average molecular weight is 635 g/mol. The van der Waals surface area contributed by atoms with Crippen LogP contribution in [0.15, 0.2) is 18.2 Å². The second-order valence-electron chi connectivity index (χ2n) is 15.3. The molecule has 2 amide bonds. The smallest absolute Gasteiger partial charge is 0.408 e. The van der Waals surface area contributed by atoms with E-state index in [1.807, 2.05) is 52.8 Å². The SMILES string of the molecule is CC(=O)[C@@H]1[C@H](C)[C@@H]2CN1C(=O)[C@H](C(C)(C)C)NC(=O)O[C@]1(C)CCC[C@H]1CCCCCc1nc3ccc(OC4CC4)cc3nc1O2. The summed E-state index contributed by atoms with van der Waals surface area (Å²) in [5.74, 6) is 0.733. The molecule has 6 atom stereocenters. The monoisotopic (exact) mass is 634 g/mol. The highest BCUT2D eigenvalue weighted by molar-refractivity contribution is 5.92. The molecule has 1 saturated heterocycles. The zero-order valence-electron chi connectivity index (χ0n) is 28.3. The number of hydrogen-bond donors (Lipinski definition) is 1. The molecule has 4 aliphatic rings. The molecule has 0 unspecified atom stereocenters. The number of Topliss-reactive ketones (excluding diaryl/α,β-unsaturated/α-hetero) is 1. The lowest BCUT2D eigenvalue weighted by Gasteiger charge is -2.37. The molecule has 6 rings (SSSR count). The molecule has 0 radical (unpaired) electrons. The Morgan fingerprint density at radius 2 is 1.80 bits per heavy atom. The number of aryl methyl sites for hydroxylation is 1. The van der Waals surface area contributed by atoms with Crippen molar-refractivity contribution >= 4 is 28.8 Å². The summed E-state index contributed by atoms with van der Waals surface area (Å²) in [5.41, 5.74) is 1.05. The molecule has 10 heteroatoms. The largest absolute Gasteiger partial charge is 0.490 e. The fourth-order valence-corrected chi connectivity index (χ4v) is 7.66. The van der Waals surface area contributed by atoms with Crippen LogP contribution >= 0.6 is 0 Å². The molecule has 2 bridgehead atoms. The van der Waals surface area contributed by atoms with Gasteiger partial charge in [0.05, 0.1) is 29.7 Å².